The summed E-state index contributed by atoms with van der Waals surface area (Å²) < 4.78 is 78.6. The van der Waals surface area contributed by atoms with Crippen LogP contribution in [0.15, 0.2) is 12.2 Å². The second kappa shape index (κ2) is 4.96. The Balaban J connectivity index is 1.94. The van der Waals surface area contributed by atoms with Gasteiger partial charge in [0.2, 0.25) is 6.17 Å². The molecular weight excluding hydrogens is 290 g/mol. The zero-order valence-corrected chi connectivity index (χ0v) is 10.2. The van der Waals surface area contributed by atoms with Crippen LogP contribution in [0.1, 0.15) is 19.3 Å². The van der Waals surface area contributed by atoms with Gasteiger partial charge in [0, 0.05) is 0 Å². The minimum absolute atomic E-state index is 0.0996. The topological polar surface area (TPSA) is 26.3 Å². The minimum Gasteiger partial charge on any atom is -0.398 e. The molecule has 0 aromatic rings. The van der Waals surface area contributed by atoms with Crippen LogP contribution in [0.2, 0.25) is 0 Å². The van der Waals surface area contributed by atoms with Crippen LogP contribution < -0.4 is 0 Å². The van der Waals surface area contributed by atoms with Gasteiger partial charge in [0.25, 0.3) is 0 Å². The molecule has 4 atom stereocenters. The number of ether oxygens (including phenoxy) is 1. The van der Waals surface area contributed by atoms with Crippen molar-refractivity contribution in [3.63, 3.8) is 0 Å². The quantitative estimate of drug-likeness (QED) is 0.450. The van der Waals surface area contributed by atoms with Crippen LogP contribution in [-0.4, -0.2) is 24.4 Å². The van der Waals surface area contributed by atoms with Crippen LogP contribution in [0.3, 0.4) is 0 Å². The summed E-state index contributed by atoms with van der Waals surface area (Å²) in [5, 5.41) is 0. The van der Waals surface area contributed by atoms with Gasteiger partial charge in [-0.25, -0.2) is 4.39 Å². The Morgan fingerprint density at radius 1 is 1.20 bits per heavy atom. The zero-order valence-electron chi connectivity index (χ0n) is 10.2. The van der Waals surface area contributed by atoms with E-state index < -0.39 is 36.8 Å². The van der Waals surface area contributed by atoms with E-state index in [1.54, 1.807) is 6.08 Å². The Morgan fingerprint density at radius 3 is 2.30 bits per heavy atom. The lowest BCUT2D eigenvalue weighted by molar-refractivity contribution is -0.279. The van der Waals surface area contributed by atoms with Gasteiger partial charge in [0.15, 0.2) is 0 Å². The van der Waals surface area contributed by atoms with Gasteiger partial charge in [-0.1, -0.05) is 12.2 Å². The molecule has 2 nitrogen and oxygen atoms in total. The number of esters is 1. The first-order valence-corrected chi connectivity index (χ1v) is 6.08. The van der Waals surface area contributed by atoms with Crippen molar-refractivity contribution >= 4 is 5.97 Å². The summed E-state index contributed by atoms with van der Waals surface area (Å²) in [5.41, 5.74) is 0. The third kappa shape index (κ3) is 3.27. The number of hydrogen-bond acceptors (Lipinski definition) is 2. The molecule has 1 fully saturated rings. The van der Waals surface area contributed by atoms with Crippen LogP contribution in [-0.2, 0) is 9.53 Å². The number of halogens is 6. The minimum atomic E-state index is -5.09. The molecule has 2 aliphatic carbocycles. The summed E-state index contributed by atoms with van der Waals surface area (Å²) in [6.45, 7) is 0. The zero-order chi connectivity index (χ0) is 15.1. The summed E-state index contributed by atoms with van der Waals surface area (Å²) >= 11 is 0. The highest BCUT2D eigenvalue weighted by molar-refractivity contribution is 5.74. The van der Waals surface area contributed by atoms with Gasteiger partial charge in [0.1, 0.15) is 0 Å². The first-order valence-electron chi connectivity index (χ1n) is 6.08. The first-order chi connectivity index (χ1) is 9.08. The summed E-state index contributed by atoms with van der Waals surface area (Å²) in [6, 6.07) is 0. The average Bonchev–Trinajstić information content (AvgIpc) is 2.87. The second-order valence-corrected chi connectivity index (χ2v) is 5.16. The van der Waals surface area contributed by atoms with Gasteiger partial charge >= 0.3 is 18.3 Å². The lowest BCUT2D eigenvalue weighted by Gasteiger charge is -2.24. The van der Waals surface area contributed by atoms with Gasteiger partial charge in [-0.05, 0) is 24.7 Å². The van der Waals surface area contributed by atoms with E-state index in [-0.39, 0.29) is 11.8 Å². The summed E-state index contributed by atoms with van der Waals surface area (Å²) in [7, 11) is 0. The van der Waals surface area contributed by atoms with Crippen molar-refractivity contribution in [1.82, 2.24) is 0 Å². The normalized spacial score (nSPS) is 30.6. The van der Waals surface area contributed by atoms with Crippen LogP contribution in [0, 0.1) is 17.8 Å². The fourth-order valence-electron chi connectivity index (χ4n) is 2.65. The Morgan fingerprint density at radius 2 is 1.85 bits per heavy atom. The molecule has 20 heavy (non-hydrogen) atoms. The third-order valence-corrected chi connectivity index (χ3v) is 3.59. The smallest absolute Gasteiger partial charge is 0.398 e. The fourth-order valence-corrected chi connectivity index (χ4v) is 2.65. The molecule has 0 spiro atoms. The molecular formula is C12H12F6O2. The average molecular weight is 302 g/mol. The number of alkyl halides is 6. The van der Waals surface area contributed by atoms with E-state index in [4.69, 9.17) is 0 Å². The predicted octanol–water partition coefficient (Wildman–Crippen LogP) is 3.63. The molecule has 0 heterocycles. The van der Waals surface area contributed by atoms with Crippen molar-refractivity contribution in [2.45, 2.75) is 37.7 Å². The monoisotopic (exact) mass is 302 g/mol. The van der Waals surface area contributed by atoms with Gasteiger partial charge in [-0.15, -0.1) is 0 Å². The van der Waals surface area contributed by atoms with Crippen LogP contribution in [0.25, 0.3) is 0 Å². The Hall–Kier alpha value is -1.21. The van der Waals surface area contributed by atoms with E-state index in [1.165, 1.54) is 0 Å². The summed E-state index contributed by atoms with van der Waals surface area (Å²) in [5.74, 6) is -2.31. The SMILES string of the molecule is O=C(OC(F)(F)C(F)CC(F)(F)F)C1CC2C=CC1C2. The van der Waals surface area contributed by atoms with Crippen molar-refractivity contribution in [2.75, 3.05) is 0 Å². The van der Waals surface area contributed by atoms with Crippen molar-refractivity contribution < 1.29 is 35.9 Å². The molecule has 114 valence electrons. The maximum absolute atomic E-state index is 13.2. The Kier molecular flexibility index (Phi) is 3.77. The Bertz CT molecular complexity index is 417. The van der Waals surface area contributed by atoms with Crippen LogP contribution in [0.4, 0.5) is 26.3 Å². The molecule has 1 saturated carbocycles. The molecule has 2 bridgehead atoms. The molecule has 0 amide bonds. The molecule has 0 aromatic heterocycles. The van der Waals surface area contributed by atoms with Crippen molar-refractivity contribution in [3.8, 4) is 0 Å². The maximum atomic E-state index is 13.2. The van der Waals surface area contributed by atoms with E-state index in [0.29, 0.717) is 12.8 Å². The lowest BCUT2D eigenvalue weighted by atomic mass is 9.94. The van der Waals surface area contributed by atoms with Crippen molar-refractivity contribution in [1.29, 1.82) is 0 Å². The highest BCUT2D eigenvalue weighted by Crippen LogP contribution is 2.45. The largest absolute Gasteiger partial charge is 0.432 e. The number of fused-ring (bicyclic) bond motifs is 2. The van der Waals surface area contributed by atoms with Gasteiger partial charge in [-0.3, -0.25) is 4.79 Å². The molecule has 4 unspecified atom stereocenters. The van der Waals surface area contributed by atoms with Gasteiger partial charge in [-0.2, -0.15) is 22.0 Å². The van der Waals surface area contributed by atoms with E-state index in [0.717, 1.165) is 0 Å². The third-order valence-electron chi connectivity index (χ3n) is 3.59. The van der Waals surface area contributed by atoms with Crippen LogP contribution in [0.5, 0.6) is 0 Å². The summed E-state index contributed by atoms with van der Waals surface area (Å²) in [4.78, 5) is 11.5. The molecule has 0 aliphatic heterocycles. The van der Waals surface area contributed by atoms with E-state index in [9.17, 15) is 31.1 Å². The predicted molar refractivity (Wildman–Crippen MR) is 55.5 cm³/mol. The number of carbonyl (C=O) groups excluding carboxylic acids is 1. The number of hydrogen-bond donors (Lipinski definition) is 0. The maximum Gasteiger partial charge on any atom is 0.432 e. The number of allylic oxidation sites excluding steroid dienone is 2. The molecule has 2 aliphatic rings. The van der Waals surface area contributed by atoms with Crippen LogP contribution >= 0.6 is 0 Å². The first kappa shape index (κ1) is 15.2. The van der Waals surface area contributed by atoms with Crippen molar-refractivity contribution in [2.24, 2.45) is 17.8 Å². The highest BCUT2D eigenvalue weighted by Gasteiger charge is 2.52. The lowest BCUT2D eigenvalue weighted by Crippen LogP contribution is -2.40. The molecule has 8 heteroatoms. The molecule has 0 radical (unpaired) electrons. The molecule has 2 rings (SSSR count). The summed E-state index contributed by atoms with van der Waals surface area (Å²) in [6.07, 6.45) is -11.3. The van der Waals surface area contributed by atoms with E-state index >= 15 is 0 Å². The molecule has 0 saturated heterocycles. The van der Waals surface area contributed by atoms with E-state index in [1.807, 2.05) is 6.08 Å². The second-order valence-electron chi connectivity index (χ2n) is 5.16. The van der Waals surface area contributed by atoms with Crippen molar-refractivity contribution in [3.05, 3.63) is 12.2 Å². The molecule has 0 N–H and O–H groups in total. The van der Waals surface area contributed by atoms with Gasteiger partial charge in [0.05, 0.1) is 12.3 Å². The van der Waals surface area contributed by atoms with E-state index in [2.05, 4.69) is 4.74 Å². The number of rotatable bonds is 4. The highest BCUT2D eigenvalue weighted by atomic mass is 19.4. The standard InChI is InChI=1S/C12H12F6O2/c13-9(5-11(14,15)16)12(17,18)20-10(19)8-4-6-1-2-7(8)3-6/h1-2,6-9H,3-5H2. The number of carbonyl (C=O) groups is 1. The fraction of sp³-hybridized carbons (Fsp3) is 0.750. The van der Waals surface area contributed by atoms with Gasteiger partial charge < -0.3 is 4.74 Å². The molecule has 0 aromatic carbocycles. The Labute approximate surface area is 110 Å².